The number of carbonyl (C=O) groups excluding carboxylic acids is 2. The molecule has 1 atom stereocenters. The summed E-state index contributed by atoms with van der Waals surface area (Å²) in [6, 6.07) is 15.1. The van der Waals surface area contributed by atoms with Gasteiger partial charge in [-0.25, -0.2) is 9.59 Å². The molecule has 2 aromatic carbocycles. The fraction of sp³-hybridized carbons (Fsp3) is 0.208. The van der Waals surface area contributed by atoms with Gasteiger partial charge >= 0.3 is 11.6 Å². The normalized spacial score (nSPS) is 15.5. The fourth-order valence-electron chi connectivity index (χ4n) is 4.18. The maximum Gasteiger partial charge on any atom is 0.336 e. The minimum Gasteiger partial charge on any atom is -0.484 e. The summed E-state index contributed by atoms with van der Waals surface area (Å²) < 4.78 is 15.8. The third kappa shape index (κ3) is 3.49. The van der Waals surface area contributed by atoms with Crippen LogP contribution in [0.2, 0.25) is 0 Å². The Labute approximate surface area is 182 Å². The summed E-state index contributed by atoms with van der Waals surface area (Å²) in [7, 11) is 1.31. The van der Waals surface area contributed by atoms with Crippen molar-refractivity contribution in [1.29, 1.82) is 0 Å². The summed E-state index contributed by atoms with van der Waals surface area (Å²) in [5.74, 6) is -0.431. The van der Waals surface area contributed by atoms with E-state index in [4.69, 9.17) is 13.9 Å². The largest absolute Gasteiger partial charge is 0.484 e. The SMILES string of the molecule is COC(=O)C1Cc2c([nH]c3ccccc23)CN1C(=O)COc1ccc2ccc(=O)oc2c1. The van der Waals surface area contributed by atoms with Crippen LogP contribution in [0.5, 0.6) is 5.75 Å². The van der Waals surface area contributed by atoms with E-state index in [1.165, 1.54) is 18.1 Å². The number of H-pyrrole nitrogens is 1. The molecule has 1 unspecified atom stereocenters. The number of benzene rings is 2. The molecule has 0 aliphatic carbocycles. The number of para-hydroxylation sites is 1. The van der Waals surface area contributed by atoms with Gasteiger partial charge in [-0.15, -0.1) is 0 Å². The molecule has 1 aliphatic rings. The van der Waals surface area contributed by atoms with Crippen LogP contribution < -0.4 is 10.4 Å². The summed E-state index contributed by atoms with van der Waals surface area (Å²) in [5.41, 5.74) is 2.78. The molecule has 162 valence electrons. The minimum absolute atomic E-state index is 0.249. The van der Waals surface area contributed by atoms with Gasteiger partial charge in [0.2, 0.25) is 0 Å². The first-order chi connectivity index (χ1) is 15.5. The third-order valence-corrected chi connectivity index (χ3v) is 5.75. The van der Waals surface area contributed by atoms with Crippen LogP contribution in [0.1, 0.15) is 11.3 Å². The van der Waals surface area contributed by atoms with Crippen LogP contribution in [0.15, 0.2) is 63.8 Å². The zero-order chi connectivity index (χ0) is 22.2. The number of nitrogens with zero attached hydrogens (tertiary/aromatic N) is 1. The first-order valence-corrected chi connectivity index (χ1v) is 10.2. The highest BCUT2D eigenvalue weighted by Gasteiger charge is 2.37. The molecule has 32 heavy (non-hydrogen) atoms. The number of ether oxygens (including phenoxy) is 2. The fourth-order valence-corrected chi connectivity index (χ4v) is 4.18. The standard InChI is InChI=1S/C24H20N2O6/c1-30-24(29)20-11-17-16-4-2-3-5-18(16)25-19(17)12-26(20)22(27)13-31-15-8-6-14-7-9-23(28)32-21(14)10-15/h2-10,20,25H,11-13H2,1H3. The van der Waals surface area contributed by atoms with Crippen molar-refractivity contribution in [3.63, 3.8) is 0 Å². The number of amides is 1. The predicted molar refractivity (Wildman–Crippen MR) is 116 cm³/mol. The Morgan fingerprint density at radius 2 is 1.97 bits per heavy atom. The maximum absolute atomic E-state index is 13.1. The molecule has 8 heteroatoms. The molecular formula is C24H20N2O6. The second-order valence-corrected chi connectivity index (χ2v) is 7.64. The molecule has 1 aliphatic heterocycles. The summed E-state index contributed by atoms with van der Waals surface area (Å²) in [4.78, 5) is 41.8. The molecule has 0 fully saturated rings. The van der Waals surface area contributed by atoms with Crippen molar-refractivity contribution in [2.45, 2.75) is 19.0 Å². The molecule has 0 spiro atoms. The van der Waals surface area contributed by atoms with Gasteiger partial charge < -0.3 is 23.8 Å². The van der Waals surface area contributed by atoms with E-state index in [-0.39, 0.29) is 19.1 Å². The Morgan fingerprint density at radius 3 is 2.81 bits per heavy atom. The number of aromatic nitrogens is 1. The number of fused-ring (bicyclic) bond motifs is 4. The molecule has 8 nitrogen and oxygen atoms in total. The van der Waals surface area contributed by atoms with E-state index in [2.05, 4.69) is 4.98 Å². The van der Waals surface area contributed by atoms with Gasteiger partial charge in [0.1, 0.15) is 17.4 Å². The molecule has 5 rings (SSSR count). The van der Waals surface area contributed by atoms with Crippen molar-refractivity contribution < 1.29 is 23.5 Å². The Morgan fingerprint density at radius 1 is 1.16 bits per heavy atom. The second kappa shape index (κ2) is 7.88. The van der Waals surface area contributed by atoms with E-state index in [1.807, 2.05) is 24.3 Å². The Balaban J connectivity index is 1.38. The Kier molecular flexibility index (Phi) is 4.89. The summed E-state index contributed by atoms with van der Waals surface area (Å²) in [5, 5.41) is 1.79. The molecule has 1 N–H and O–H groups in total. The molecule has 1 amide bonds. The summed E-state index contributed by atoms with van der Waals surface area (Å²) >= 11 is 0. The smallest absolute Gasteiger partial charge is 0.336 e. The molecule has 0 bridgehead atoms. The van der Waals surface area contributed by atoms with Crippen molar-refractivity contribution in [2.75, 3.05) is 13.7 Å². The Bertz CT molecular complexity index is 1400. The highest BCUT2D eigenvalue weighted by molar-refractivity contribution is 5.90. The maximum atomic E-state index is 13.1. The Hall–Kier alpha value is -4.07. The number of rotatable bonds is 4. The lowest BCUT2D eigenvalue weighted by atomic mass is 9.96. The van der Waals surface area contributed by atoms with Crippen molar-refractivity contribution in [3.8, 4) is 5.75 Å². The van der Waals surface area contributed by atoms with Gasteiger partial charge in [0, 0.05) is 40.5 Å². The van der Waals surface area contributed by atoms with Gasteiger partial charge in [-0.2, -0.15) is 0 Å². The number of hydrogen-bond acceptors (Lipinski definition) is 6. The highest BCUT2D eigenvalue weighted by atomic mass is 16.5. The van der Waals surface area contributed by atoms with Crippen LogP contribution in [0.4, 0.5) is 0 Å². The van der Waals surface area contributed by atoms with Crippen molar-refractivity contribution in [3.05, 3.63) is 76.3 Å². The number of esters is 1. The number of carbonyl (C=O) groups is 2. The van der Waals surface area contributed by atoms with Gasteiger partial charge in [-0.1, -0.05) is 18.2 Å². The van der Waals surface area contributed by atoms with Gasteiger partial charge in [-0.05, 0) is 29.8 Å². The molecule has 3 heterocycles. The van der Waals surface area contributed by atoms with E-state index in [9.17, 15) is 14.4 Å². The number of hydrogen-bond donors (Lipinski definition) is 1. The van der Waals surface area contributed by atoms with E-state index in [0.29, 0.717) is 17.8 Å². The van der Waals surface area contributed by atoms with Gasteiger partial charge in [-0.3, -0.25) is 4.79 Å². The molecule has 0 radical (unpaired) electrons. The van der Waals surface area contributed by atoms with Crippen molar-refractivity contribution in [2.24, 2.45) is 0 Å². The number of methoxy groups -OCH3 is 1. The summed E-state index contributed by atoms with van der Waals surface area (Å²) in [6.07, 6.45) is 0.360. The zero-order valence-electron chi connectivity index (χ0n) is 17.3. The van der Waals surface area contributed by atoms with Gasteiger partial charge in [0.25, 0.3) is 5.91 Å². The van der Waals surface area contributed by atoms with E-state index < -0.39 is 17.6 Å². The summed E-state index contributed by atoms with van der Waals surface area (Å²) in [6.45, 7) is -0.0236. The lowest BCUT2D eigenvalue weighted by Crippen LogP contribution is -2.50. The quantitative estimate of drug-likeness (QED) is 0.393. The van der Waals surface area contributed by atoms with Crippen molar-refractivity contribution >= 4 is 33.7 Å². The van der Waals surface area contributed by atoms with Crippen LogP contribution in [0, 0.1) is 0 Å². The average Bonchev–Trinajstić information content (AvgIpc) is 3.18. The van der Waals surface area contributed by atoms with E-state index in [1.54, 1.807) is 24.3 Å². The van der Waals surface area contributed by atoms with E-state index >= 15 is 0 Å². The number of nitrogens with one attached hydrogen (secondary N) is 1. The van der Waals surface area contributed by atoms with E-state index in [0.717, 1.165) is 27.5 Å². The zero-order valence-corrected chi connectivity index (χ0v) is 17.3. The lowest BCUT2D eigenvalue weighted by molar-refractivity contribution is -0.154. The van der Waals surface area contributed by atoms with Gasteiger partial charge in [0.05, 0.1) is 13.7 Å². The molecule has 2 aromatic heterocycles. The monoisotopic (exact) mass is 432 g/mol. The number of aromatic amines is 1. The third-order valence-electron chi connectivity index (χ3n) is 5.75. The van der Waals surface area contributed by atoms with Crippen LogP contribution in [0.25, 0.3) is 21.9 Å². The van der Waals surface area contributed by atoms with Gasteiger partial charge in [0.15, 0.2) is 6.61 Å². The highest BCUT2D eigenvalue weighted by Crippen LogP contribution is 2.31. The lowest BCUT2D eigenvalue weighted by Gasteiger charge is -2.33. The topological polar surface area (TPSA) is 102 Å². The van der Waals surface area contributed by atoms with Crippen LogP contribution in [-0.4, -0.2) is 41.5 Å². The molecule has 0 saturated carbocycles. The minimum atomic E-state index is -0.738. The molecular weight excluding hydrogens is 412 g/mol. The van der Waals surface area contributed by atoms with Crippen LogP contribution in [-0.2, 0) is 27.3 Å². The van der Waals surface area contributed by atoms with Crippen LogP contribution >= 0.6 is 0 Å². The average molecular weight is 432 g/mol. The second-order valence-electron chi connectivity index (χ2n) is 7.64. The predicted octanol–water partition coefficient (Wildman–Crippen LogP) is 2.78. The molecule has 0 saturated heterocycles. The first kappa shape index (κ1) is 19.9. The van der Waals surface area contributed by atoms with Crippen molar-refractivity contribution in [1.82, 2.24) is 9.88 Å². The molecule has 4 aromatic rings. The first-order valence-electron chi connectivity index (χ1n) is 10.2. The van der Waals surface area contributed by atoms with Crippen LogP contribution in [0.3, 0.4) is 0 Å².